The van der Waals surface area contributed by atoms with Gasteiger partial charge in [-0.05, 0) is 30.2 Å². The maximum Gasteiger partial charge on any atom is 0.307 e. The largest absolute Gasteiger partial charge is 0.454 e. The first-order valence-corrected chi connectivity index (χ1v) is 8.33. The van der Waals surface area contributed by atoms with E-state index in [0.717, 1.165) is 17.3 Å². The molecule has 0 saturated heterocycles. The number of hydrogen-bond donors (Lipinski definition) is 1. The first-order valence-electron chi connectivity index (χ1n) is 8.33. The maximum absolute atomic E-state index is 12.1. The first kappa shape index (κ1) is 18.8. The van der Waals surface area contributed by atoms with Crippen LogP contribution in [0.15, 0.2) is 69.9 Å². The van der Waals surface area contributed by atoms with E-state index in [4.69, 9.17) is 4.42 Å². The second-order valence-corrected chi connectivity index (χ2v) is 5.92. The van der Waals surface area contributed by atoms with Crippen molar-refractivity contribution in [3.05, 3.63) is 87.6 Å². The number of allylic oxidation sites excluding steroid dienone is 1. The summed E-state index contributed by atoms with van der Waals surface area (Å²) >= 11 is 0. The molecule has 9 nitrogen and oxygen atoms in total. The summed E-state index contributed by atoms with van der Waals surface area (Å²) in [5.74, 6) is 0.0206. The van der Waals surface area contributed by atoms with Crippen LogP contribution >= 0.6 is 0 Å². The number of furan rings is 1. The average Bonchev–Trinajstić information content (AvgIpc) is 3.32. The van der Waals surface area contributed by atoms with E-state index in [-0.39, 0.29) is 18.0 Å². The van der Waals surface area contributed by atoms with E-state index in [2.05, 4.69) is 15.6 Å². The molecule has 142 valence electrons. The van der Waals surface area contributed by atoms with Crippen molar-refractivity contribution in [3.8, 4) is 0 Å². The second kappa shape index (κ2) is 8.58. The predicted molar refractivity (Wildman–Crippen MR) is 103 cm³/mol. The van der Waals surface area contributed by atoms with E-state index >= 15 is 0 Å². The van der Waals surface area contributed by atoms with Gasteiger partial charge in [-0.2, -0.15) is 10.2 Å². The Hall–Kier alpha value is -4.01. The Morgan fingerprint density at radius 2 is 2.11 bits per heavy atom. The summed E-state index contributed by atoms with van der Waals surface area (Å²) in [6.07, 6.45) is 5.91. The van der Waals surface area contributed by atoms with E-state index in [1.807, 2.05) is 43.3 Å². The quantitative estimate of drug-likeness (QED) is 0.384. The first-order chi connectivity index (χ1) is 13.5. The molecule has 0 aliphatic heterocycles. The van der Waals surface area contributed by atoms with Gasteiger partial charge in [0.15, 0.2) is 5.76 Å². The van der Waals surface area contributed by atoms with Crippen molar-refractivity contribution in [1.29, 1.82) is 0 Å². The van der Waals surface area contributed by atoms with Crippen LogP contribution in [0.25, 0.3) is 6.08 Å². The zero-order chi connectivity index (χ0) is 19.9. The van der Waals surface area contributed by atoms with Crippen LogP contribution in [0.5, 0.6) is 0 Å². The monoisotopic (exact) mass is 379 g/mol. The molecule has 0 spiro atoms. The molecule has 0 saturated carbocycles. The molecular formula is C19H17N5O4. The molecule has 0 fully saturated rings. The molecule has 0 aliphatic rings. The zero-order valence-corrected chi connectivity index (χ0v) is 15.0. The average molecular weight is 379 g/mol. The number of aromatic nitrogens is 2. The number of carbonyl (C=O) groups excluding carboxylic acids is 1. The lowest BCUT2D eigenvalue weighted by atomic mass is 10.1. The van der Waals surface area contributed by atoms with E-state index in [1.165, 1.54) is 23.2 Å². The molecule has 0 bridgehead atoms. The summed E-state index contributed by atoms with van der Waals surface area (Å²) in [6.45, 7) is 2.04. The van der Waals surface area contributed by atoms with Crippen molar-refractivity contribution in [2.75, 3.05) is 0 Å². The number of hydrogen-bond acceptors (Lipinski definition) is 6. The highest BCUT2D eigenvalue weighted by Crippen LogP contribution is 2.13. The molecule has 0 atom stereocenters. The summed E-state index contributed by atoms with van der Waals surface area (Å²) in [5.41, 5.74) is 4.18. The van der Waals surface area contributed by atoms with E-state index in [1.54, 1.807) is 6.07 Å². The van der Waals surface area contributed by atoms with Crippen molar-refractivity contribution in [2.24, 2.45) is 5.10 Å². The third-order valence-electron chi connectivity index (χ3n) is 3.66. The van der Waals surface area contributed by atoms with Crippen LogP contribution in [0.1, 0.15) is 28.8 Å². The highest BCUT2D eigenvalue weighted by Gasteiger charge is 2.13. The van der Waals surface area contributed by atoms with Gasteiger partial charge >= 0.3 is 11.6 Å². The van der Waals surface area contributed by atoms with E-state index < -0.39 is 10.8 Å². The molecule has 3 aromatic rings. The molecule has 9 heteroatoms. The summed E-state index contributed by atoms with van der Waals surface area (Å²) < 4.78 is 6.80. The van der Waals surface area contributed by atoms with Gasteiger partial charge in [0.1, 0.15) is 18.2 Å². The standard InChI is InChI=1S/C19H17N5O4/c1-14(9-15-5-3-2-4-6-15)10-20-22-19(25)18-8-7-17(28-18)13-23-12-16(11-21-23)24(26)27/h2-12H,13H2,1H3,(H,22,25)/b14-9+,20-10+. The van der Waals surface area contributed by atoms with Crippen LogP contribution in [0.4, 0.5) is 5.69 Å². The fourth-order valence-electron chi connectivity index (χ4n) is 2.38. The van der Waals surface area contributed by atoms with Gasteiger partial charge in [0, 0.05) is 0 Å². The van der Waals surface area contributed by atoms with E-state index in [9.17, 15) is 14.9 Å². The minimum Gasteiger partial charge on any atom is -0.454 e. The lowest BCUT2D eigenvalue weighted by Crippen LogP contribution is -2.16. The molecule has 2 aromatic heterocycles. The number of benzene rings is 1. The Labute approximate surface area is 160 Å². The normalized spacial score (nSPS) is 11.7. The van der Waals surface area contributed by atoms with Gasteiger partial charge in [-0.1, -0.05) is 36.4 Å². The molecule has 0 radical (unpaired) electrons. The second-order valence-electron chi connectivity index (χ2n) is 5.92. The zero-order valence-electron chi connectivity index (χ0n) is 15.0. The Bertz CT molecular complexity index is 1030. The lowest BCUT2D eigenvalue weighted by molar-refractivity contribution is -0.385. The molecule has 1 amide bonds. The highest BCUT2D eigenvalue weighted by atomic mass is 16.6. The minimum absolute atomic E-state index is 0.0819. The number of carbonyl (C=O) groups is 1. The maximum atomic E-state index is 12.1. The highest BCUT2D eigenvalue weighted by molar-refractivity contribution is 5.92. The number of hydrazone groups is 1. The summed E-state index contributed by atoms with van der Waals surface area (Å²) in [5, 5.41) is 18.5. The third-order valence-corrected chi connectivity index (χ3v) is 3.66. The molecule has 1 N–H and O–H groups in total. The SMILES string of the molecule is CC(/C=N/NC(=O)c1ccc(Cn2cc([N+](=O)[O-])cn2)o1)=C\c1ccccc1. The predicted octanol–water partition coefficient (Wildman–Crippen LogP) is 3.25. The number of nitrogens with one attached hydrogen (secondary N) is 1. The van der Waals surface area contributed by atoms with Gasteiger partial charge in [-0.15, -0.1) is 0 Å². The van der Waals surface area contributed by atoms with Crippen LogP contribution in [0.2, 0.25) is 0 Å². The number of nitro groups is 1. The van der Waals surface area contributed by atoms with Crippen molar-refractivity contribution < 1.29 is 14.1 Å². The van der Waals surface area contributed by atoms with Gasteiger partial charge < -0.3 is 4.42 Å². The summed E-state index contributed by atoms with van der Waals surface area (Å²) in [4.78, 5) is 22.2. The minimum atomic E-state index is -0.531. The van der Waals surface area contributed by atoms with Gasteiger partial charge in [0.25, 0.3) is 0 Å². The van der Waals surface area contributed by atoms with Crippen molar-refractivity contribution >= 4 is 23.9 Å². The van der Waals surface area contributed by atoms with Crippen LogP contribution in [0.3, 0.4) is 0 Å². The van der Waals surface area contributed by atoms with Crippen LogP contribution in [0, 0.1) is 10.1 Å². The van der Waals surface area contributed by atoms with Crippen molar-refractivity contribution in [1.82, 2.24) is 15.2 Å². The van der Waals surface area contributed by atoms with Crippen LogP contribution in [-0.4, -0.2) is 26.8 Å². The van der Waals surface area contributed by atoms with Gasteiger partial charge in [-0.25, -0.2) is 5.43 Å². The van der Waals surface area contributed by atoms with Gasteiger partial charge in [-0.3, -0.25) is 19.6 Å². The van der Waals surface area contributed by atoms with Crippen molar-refractivity contribution in [2.45, 2.75) is 13.5 Å². The molecule has 0 aliphatic carbocycles. The number of nitrogens with zero attached hydrogens (tertiary/aromatic N) is 4. The molecule has 1 aromatic carbocycles. The number of rotatable bonds is 7. The molecule has 3 rings (SSSR count). The Balaban J connectivity index is 1.56. The summed E-state index contributed by atoms with van der Waals surface area (Å²) in [7, 11) is 0. The smallest absolute Gasteiger partial charge is 0.307 e. The van der Waals surface area contributed by atoms with Gasteiger partial charge in [0.2, 0.25) is 0 Å². The molecule has 28 heavy (non-hydrogen) atoms. The summed E-state index contributed by atoms with van der Waals surface area (Å²) in [6, 6.07) is 12.9. The van der Waals surface area contributed by atoms with E-state index in [0.29, 0.717) is 5.76 Å². The van der Waals surface area contributed by atoms with Crippen LogP contribution in [-0.2, 0) is 6.54 Å². The molecule has 0 unspecified atom stereocenters. The fourth-order valence-corrected chi connectivity index (χ4v) is 2.38. The Morgan fingerprint density at radius 1 is 1.32 bits per heavy atom. The lowest BCUT2D eigenvalue weighted by Gasteiger charge is -1.98. The molecule has 2 heterocycles. The van der Waals surface area contributed by atoms with Gasteiger partial charge in [0.05, 0.1) is 17.7 Å². The third kappa shape index (κ3) is 5.01. The van der Waals surface area contributed by atoms with Crippen molar-refractivity contribution in [3.63, 3.8) is 0 Å². The fraction of sp³-hybridized carbons (Fsp3) is 0.105. The Morgan fingerprint density at radius 3 is 2.82 bits per heavy atom. The number of amides is 1. The topological polar surface area (TPSA) is 116 Å². The van der Waals surface area contributed by atoms with Crippen LogP contribution < -0.4 is 5.43 Å². The Kier molecular flexibility index (Phi) is 5.75. The molecular weight excluding hydrogens is 362 g/mol.